The number of aromatic nitrogens is 2. The second-order valence-corrected chi connectivity index (χ2v) is 5.67. The monoisotopic (exact) mass is 266 g/mol. The first-order valence-electron chi connectivity index (χ1n) is 6.91. The quantitative estimate of drug-likeness (QED) is 0.737. The number of hydrogen-bond acceptors (Lipinski definition) is 5. The number of hydrogen-bond donors (Lipinski definition) is 3. The molecule has 0 fully saturated rings. The van der Waals surface area contributed by atoms with E-state index in [1.165, 1.54) is 0 Å². The predicted molar refractivity (Wildman–Crippen MR) is 79.7 cm³/mol. The summed E-state index contributed by atoms with van der Waals surface area (Å²) in [6, 6.07) is 1.91. The van der Waals surface area contributed by atoms with Gasteiger partial charge in [-0.3, -0.25) is 0 Å². The summed E-state index contributed by atoms with van der Waals surface area (Å²) in [6.07, 6.45) is 0.849. The van der Waals surface area contributed by atoms with Crippen molar-refractivity contribution in [1.82, 2.24) is 9.97 Å². The van der Waals surface area contributed by atoms with Gasteiger partial charge in [0.05, 0.1) is 12.6 Å². The molecule has 108 valence electrons. The Hall–Kier alpha value is -1.36. The molecule has 0 bridgehead atoms. The molecule has 1 heterocycles. The van der Waals surface area contributed by atoms with Crippen LogP contribution in [0.4, 0.5) is 11.6 Å². The van der Waals surface area contributed by atoms with Crippen LogP contribution in [0.1, 0.15) is 46.9 Å². The Bertz CT molecular complexity index is 397. The molecule has 0 amide bonds. The Balaban J connectivity index is 3.05. The van der Waals surface area contributed by atoms with Gasteiger partial charge in [-0.15, -0.1) is 0 Å². The normalized spacial score (nSPS) is 13.2. The largest absolute Gasteiger partial charge is 0.394 e. The van der Waals surface area contributed by atoms with Gasteiger partial charge in [0.1, 0.15) is 17.5 Å². The fraction of sp³-hybridized carbons (Fsp3) is 0.714. The molecule has 0 aliphatic heterocycles. The van der Waals surface area contributed by atoms with Crippen LogP contribution in [0.15, 0.2) is 6.07 Å². The molecule has 0 saturated heterocycles. The van der Waals surface area contributed by atoms with Crippen molar-refractivity contribution < 1.29 is 5.11 Å². The highest BCUT2D eigenvalue weighted by Crippen LogP contribution is 2.22. The van der Waals surface area contributed by atoms with E-state index < -0.39 is 0 Å². The van der Waals surface area contributed by atoms with Gasteiger partial charge in [-0.1, -0.05) is 27.7 Å². The van der Waals surface area contributed by atoms with E-state index in [4.69, 9.17) is 0 Å². The van der Waals surface area contributed by atoms with Crippen LogP contribution in [0.5, 0.6) is 0 Å². The smallest absolute Gasteiger partial charge is 0.138 e. The van der Waals surface area contributed by atoms with Crippen molar-refractivity contribution in [3.63, 3.8) is 0 Å². The Labute approximate surface area is 115 Å². The van der Waals surface area contributed by atoms with Crippen molar-refractivity contribution in [2.75, 3.05) is 23.8 Å². The Morgan fingerprint density at radius 2 is 1.84 bits per heavy atom. The molecule has 1 aromatic rings. The summed E-state index contributed by atoms with van der Waals surface area (Å²) in [6.45, 7) is 11.3. The molecule has 0 aliphatic rings. The topological polar surface area (TPSA) is 70.1 Å². The molecule has 3 N–H and O–H groups in total. The zero-order valence-corrected chi connectivity index (χ0v) is 12.6. The van der Waals surface area contributed by atoms with E-state index in [1.807, 2.05) is 19.9 Å². The molecule has 5 nitrogen and oxygen atoms in total. The number of aliphatic hydroxyl groups excluding tert-OH is 1. The first-order valence-corrected chi connectivity index (χ1v) is 6.91. The maximum absolute atomic E-state index is 9.27. The van der Waals surface area contributed by atoms with Crippen LogP contribution < -0.4 is 10.6 Å². The maximum Gasteiger partial charge on any atom is 0.138 e. The zero-order valence-electron chi connectivity index (χ0n) is 12.6. The van der Waals surface area contributed by atoms with Gasteiger partial charge in [-0.05, 0) is 13.3 Å². The van der Waals surface area contributed by atoms with Gasteiger partial charge in [-0.25, -0.2) is 9.97 Å². The van der Waals surface area contributed by atoms with Crippen molar-refractivity contribution in [3.8, 4) is 0 Å². The average molecular weight is 266 g/mol. The van der Waals surface area contributed by atoms with Gasteiger partial charge in [0.15, 0.2) is 0 Å². The zero-order chi connectivity index (χ0) is 14.5. The molecule has 5 heteroatoms. The van der Waals surface area contributed by atoms with Gasteiger partial charge in [0.25, 0.3) is 0 Å². The lowest BCUT2D eigenvalue weighted by molar-refractivity contribution is 0.271. The lowest BCUT2D eigenvalue weighted by Gasteiger charge is -2.21. The van der Waals surface area contributed by atoms with Crippen molar-refractivity contribution in [3.05, 3.63) is 11.9 Å². The molecule has 0 spiro atoms. The number of aliphatic hydroxyl groups is 1. The standard InChI is InChI=1S/C14H26N4O/c1-6-10(9-19)16-12-8-11(15-7-2)17-13(18-12)14(3,4)5/h8,10,19H,6-7,9H2,1-5H3,(H2,15,16,17,18). The second-order valence-electron chi connectivity index (χ2n) is 5.67. The van der Waals surface area contributed by atoms with Crippen molar-refractivity contribution in [2.45, 2.75) is 52.5 Å². The number of rotatable bonds is 6. The van der Waals surface area contributed by atoms with Gasteiger partial charge < -0.3 is 15.7 Å². The van der Waals surface area contributed by atoms with Crippen LogP contribution >= 0.6 is 0 Å². The lowest BCUT2D eigenvalue weighted by atomic mass is 9.96. The molecule has 0 saturated carbocycles. The SMILES string of the molecule is CCNc1cc(NC(CC)CO)nc(C(C)(C)C)n1. The Morgan fingerprint density at radius 1 is 1.21 bits per heavy atom. The van der Waals surface area contributed by atoms with Crippen molar-refractivity contribution in [2.24, 2.45) is 0 Å². The molecule has 0 radical (unpaired) electrons. The molecule has 1 aromatic heterocycles. The molecular formula is C14H26N4O. The molecule has 0 aliphatic carbocycles. The van der Waals surface area contributed by atoms with Gasteiger partial charge in [0.2, 0.25) is 0 Å². The number of nitrogens with one attached hydrogen (secondary N) is 2. The summed E-state index contributed by atoms with van der Waals surface area (Å²) in [5.74, 6) is 2.37. The summed E-state index contributed by atoms with van der Waals surface area (Å²) in [5, 5.41) is 15.7. The minimum absolute atomic E-state index is 0.0252. The van der Waals surface area contributed by atoms with E-state index in [9.17, 15) is 5.11 Å². The Kier molecular flexibility index (Phi) is 5.54. The second kappa shape index (κ2) is 6.70. The van der Waals surface area contributed by atoms with Crippen LogP contribution in [0, 0.1) is 0 Å². The summed E-state index contributed by atoms with van der Waals surface area (Å²) < 4.78 is 0. The third kappa shape index (κ3) is 4.67. The minimum atomic E-state index is -0.108. The first-order chi connectivity index (χ1) is 8.90. The van der Waals surface area contributed by atoms with Gasteiger partial charge >= 0.3 is 0 Å². The van der Waals surface area contributed by atoms with Crippen molar-refractivity contribution >= 4 is 11.6 Å². The molecule has 0 aromatic carbocycles. The first kappa shape index (κ1) is 15.7. The van der Waals surface area contributed by atoms with E-state index in [1.54, 1.807) is 0 Å². The molecule has 19 heavy (non-hydrogen) atoms. The van der Waals surface area contributed by atoms with Crippen molar-refractivity contribution in [1.29, 1.82) is 0 Å². The maximum atomic E-state index is 9.27. The lowest BCUT2D eigenvalue weighted by Crippen LogP contribution is -2.25. The van der Waals surface area contributed by atoms with Crippen LogP contribution in [-0.2, 0) is 5.41 Å². The van der Waals surface area contributed by atoms with E-state index in [2.05, 4.69) is 41.4 Å². The van der Waals surface area contributed by atoms with E-state index in [0.717, 1.165) is 30.4 Å². The van der Waals surface area contributed by atoms with E-state index >= 15 is 0 Å². The fourth-order valence-corrected chi connectivity index (χ4v) is 1.61. The van der Waals surface area contributed by atoms with Gasteiger partial charge in [0, 0.05) is 18.0 Å². The fourth-order valence-electron chi connectivity index (χ4n) is 1.61. The molecule has 1 unspecified atom stereocenters. The van der Waals surface area contributed by atoms with E-state index in [-0.39, 0.29) is 18.1 Å². The van der Waals surface area contributed by atoms with Crippen LogP contribution in [0.25, 0.3) is 0 Å². The van der Waals surface area contributed by atoms with Crippen LogP contribution in [0.2, 0.25) is 0 Å². The van der Waals surface area contributed by atoms with E-state index in [0.29, 0.717) is 0 Å². The summed E-state index contributed by atoms with van der Waals surface area (Å²) >= 11 is 0. The highest BCUT2D eigenvalue weighted by Gasteiger charge is 2.19. The highest BCUT2D eigenvalue weighted by molar-refractivity contribution is 5.48. The average Bonchev–Trinajstić information content (AvgIpc) is 2.35. The number of nitrogens with zero attached hydrogens (tertiary/aromatic N) is 2. The number of anilines is 2. The van der Waals surface area contributed by atoms with Gasteiger partial charge in [-0.2, -0.15) is 0 Å². The van der Waals surface area contributed by atoms with Crippen LogP contribution in [0.3, 0.4) is 0 Å². The minimum Gasteiger partial charge on any atom is -0.394 e. The molecular weight excluding hydrogens is 240 g/mol. The summed E-state index contributed by atoms with van der Waals surface area (Å²) in [4.78, 5) is 9.08. The van der Waals surface area contributed by atoms with Crippen LogP contribution in [-0.4, -0.2) is 34.3 Å². The molecule has 1 rings (SSSR count). The highest BCUT2D eigenvalue weighted by atomic mass is 16.3. The summed E-state index contributed by atoms with van der Waals surface area (Å²) in [7, 11) is 0. The molecule has 1 atom stereocenters. The third-order valence-corrected chi connectivity index (χ3v) is 2.82. The Morgan fingerprint density at radius 3 is 2.32 bits per heavy atom. The predicted octanol–water partition coefficient (Wildman–Crippen LogP) is 2.39. The summed E-state index contributed by atoms with van der Waals surface area (Å²) in [5.41, 5.74) is -0.108. The third-order valence-electron chi connectivity index (χ3n) is 2.82.